The van der Waals surface area contributed by atoms with E-state index in [9.17, 15) is 19.5 Å². The number of hydrogen-bond acceptors (Lipinski definition) is 6. The number of ether oxygens (including phenoxy) is 1. The summed E-state index contributed by atoms with van der Waals surface area (Å²) in [6, 6.07) is 5.94. The molecule has 7 heteroatoms. The number of nitrogens with one attached hydrogen (secondary N) is 1. The number of aryl methyl sites for hydroxylation is 2. The maximum atomic E-state index is 12.8. The molecule has 1 N–H and O–H groups in total. The third-order valence-corrected chi connectivity index (χ3v) is 6.07. The number of amides is 1. The van der Waals surface area contributed by atoms with Gasteiger partial charge in [0.1, 0.15) is 10.6 Å². The molecule has 152 valence electrons. The largest absolute Gasteiger partial charge is 0.550 e. The van der Waals surface area contributed by atoms with Gasteiger partial charge in [-0.05, 0) is 37.8 Å². The Morgan fingerprint density at radius 3 is 2.45 bits per heavy atom. The van der Waals surface area contributed by atoms with Gasteiger partial charge in [-0.2, -0.15) is 0 Å². The van der Waals surface area contributed by atoms with Crippen molar-refractivity contribution >= 4 is 34.2 Å². The highest BCUT2D eigenvalue weighted by molar-refractivity contribution is 7.15. The fourth-order valence-electron chi connectivity index (χ4n) is 3.55. The van der Waals surface area contributed by atoms with E-state index in [1.165, 1.54) is 18.4 Å². The van der Waals surface area contributed by atoms with E-state index < -0.39 is 29.7 Å². The lowest BCUT2D eigenvalue weighted by Gasteiger charge is -2.28. The topological polar surface area (TPSA) is 95.5 Å². The van der Waals surface area contributed by atoms with E-state index in [4.69, 9.17) is 4.74 Å². The average Bonchev–Trinajstić information content (AvgIpc) is 3.12. The van der Waals surface area contributed by atoms with Gasteiger partial charge >= 0.3 is 5.97 Å². The van der Waals surface area contributed by atoms with Crippen LogP contribution in [-0.4, -0.2) is 25.0 Å². The summed E-state index contributed by atoms with van der Waals surface area (Å²) in [4.78, 5) is 36.8. The maximum absolute atomic E-state index is 12.8. The first-order valence-electron chi connectivity index (χ1n) is 9.27. The SMILES string of the molecule is COC(=O)c1c(-c2cc(C)ccc2C)csc1NC(=O)[C@H]1CC=CC[C@@H]1C(=O)[O-]. The molecule has 0 spiro atoms. The second-order valence-corrected chi connectivity index (χ2v) is 8.01. The average molecular weight is 412 g/mol. The van der Waals surface area contributed by atoms with Crippen molar-refractivity contribution in [3.05, 3.63) is 52.4 Å². The van der Waals surface area contributed by atoms with Crippen LogP contribution in [0.15, 0.2) is 35.7 Å². The van der Waals surface area contributed by atoms with Gasteiger partial charge in [-0.25, -0.2) is 4.79 Å². The van der Waals surface area contributed by atoms with Crippen molar-refractivity contribution in [3.8, 4) is 11.1 Å². The predicted octanol–water partition coefficient (Wildman–Crippen LogP) is 3.09. The van der Waals surface area contributed by atoms with Crippen LogP contribution in [0.4, 0.5) is 5.00 Å². The molecule has 1 aromatic heterocycles. The summed E-state index contributed by atoms with van der Waals surface area (Å²) >= 11 is 1.22. The number of esters is 1. The zero-order chi connectivity index (χ0) is 21.1. The molecular formula is C22H22NO5S-. The van der Waals surface area contributed by atoms with Crippen LogP contribution in [0.5, 0.6) is 0 Å². The summed E-state index contributed by atoms with van der Waals surface area (Å²) in [6.07, 6.45) is 4.10. The van der Waals surface area contributed by atoms with Gasteiger partial charge < -0.3 is 20.0 Å². The van der Waals surface area contributed by atoms with Crippen LogP contribution in [0.25, 0.3) is 11.1 Å². The Hall–Kier alpha value is -2.93. The van der Waals surface area contributed by atoms with E-state index in [2.05, 4.69) is 5.32 Å². The van der Waals surface area contributed by atoms with Gasteiger partial charge in [0, 0.05) is 22.8 Å². The van der Waals surface area contributed by atoms with E-state index in [-0.39, 0.29) is 12.0 Å². The molecule has 0 unspecified atom stereocenters. The van der Waals surface area contributed by atoms with Gasteiger partial charge in [-0.15, -0.1) is 11.3 Å². The first-order chi connectivity index (χ1) is 13.8. The summed E-state index contributed by atoms with van der Waals surface area (Å²) in [7, 11) is 1.29. The number of rotatable bonds is 5. The molecule has 0 radical (unpaired) electrons. The molecule has 3 rings (SSSR count). The van der Waals surface area contributed by atoms with Crippen LogP contribution in [0.2, 0.25) is 0 Å². The number of carboxylic acids is 1. The number of carbonyl (C=O) groups excluding carboxylic acids is 3. The van der Waals surface area contributed by atoms with Crippen molar-refractivity contribution in [3.63, 3.8) is 0 Å². The highest BCUT2D eigenvalue weighted by Gasteiger charge is 2.31. The molecule has 2 atom stereocenters. The van der Waals surface area contributed by atoms with Gasteiger partial charge in [0.15, 0.2) is 0 Å². The van der Waals surface area contributed by atoms with Crippen molar-refractivity contribution < 1.29 is 24.2 Å². The van der Waals surface area contributed by atoms with Crippen LogP contribution >= 0.6 is 11.3 Å². The molecule has 1 amide bonds. The lowest BCUT2D eigenvalue weighted by atomic mass is 9.82. The minimum atomic E-state index is -1.25. The van der Waals surface area contributed by atoms with E-state index in [0.717, 1.165) is 16.7 Å². The minimum absolute atomic E-state index is 0.252. The Morgan fingerprint density at radius 2 is 1.79 bits per heavy atom. The molecule has 1 aromatic carbocycles. The van der Waals surface area contributed by atoms with E-state index in [1.54, 1.807) is 17.5 Å². The fraction of sp³-hybridized carbons (Fsp3) is 0.318. The number of benzene rings is 1. The Labute approximate surface area is 173 Å². The number of thiophene rings is 1. The van der Waals surface area contributed by atoms with E-state index in [1.807, 2.05) is 32.0 Å². The molecule has 2 aromatic rings. The Balaban J connectivity index is 1.98. The summed E-state index contributed by atoms with van der Waals surface area (Å²) in [6.45, 7) is 3.91. The number of carbonyl (C=O) groups is 3. The minimum Gasteiger partial charge on any atom is -0.550 e. The molecular weight excluding hydrogens is 390 g/mol. The van der Waals surface area contributed by atoms with E-state index >= 15 is 0 Å². The van der Waals surface area contributed by atoms with Crippen LogP contribution in [0.1, 0.15) is 34.3 Å². The lowest BCUT2D eigenvalue weighted by Crippen LogP contribution is -2.41. The van der Waals surface area contributed by atoms with Gasteiger partial charge in [-0.1, -0.05) is 35.9 Å². The standard InChI is InChI=1S/C22H23NO5S/c1-12-8-9-13(2)16(10-12)17-11-29-20(18(17)22(27)28-3)23-19(24)14-6-4-5-7-15(14)21(25)26/h4-5,8-11,14-15H,6-7H2,1-3H3,(H,23,24)(H,25,26)/p-1/t14-,15-/m0/s1. The van der Waals surface area contributed by atoms with Crippen molar-refractivity contribution in [1.29, 1.82) is 0 Å². The van der Waals surface area contributed by atoms with Gasteiger partial charge in [0.05, 0.1) is 13.0 Å². The highest BCUT2D eigenvalue weighted by Crippen LogP contribution is 2.38. The van der Waals surface area contributed by atoms with Crippen LogP contribution in [0.3, 0.4) is 0 Å². The zero-order valence-corrected chi connectivity index (χ0v) is 17.3. The first kappa shape index (κ1) is 20.8. The second kappa shape index (κ2) is 8.61. The highest BCUT2D eigenvalue weighted by atomic mass is 32.1. The molecule has 0 bridgehead atoms. The van der Waals surface area contributed by atoms with Crippen LogP contribution in [0, 0.1) is 25.7 Å². The summed E-state index contributed by atoms with van der Waals surface area (Å²) < 4.78 is 4.96. The third kappa shape index (κ3) is 4.24. The molecule has 29 heavy (non-hydrogen) atoms. The number of aliphatic carboxylic acids is 1. The normalized spacial score (nSPS) is 18.3. The molecule has 6 nitrogen and oxygen atoms in total. The quantitative estimate of drug-likeness (QED) is 0.601. The van der Waals surface area contributed by atoms with Gasteiger partial charge in [0.25, 0.3) is 0 Å². The molecule has 0 saturated heterocycles. The summed E-state index contributed by atoms with van der Waals surface area (Å²) in [5.74, 6) is -3.88. The number of allylic oxidation sites excluding steroid dienone is 2. The van der Waals surface area contributed by atoms with Gasteiger partial charge in [-0.3, -0.25) is 4.79 Å². The van der Waals surface area contributed by atoms with Crippen LogP contribution < -0.4 is 10.4 Å². The maximum Gasteiger partial charge on any atom is 0.341 e. The van der Waals surface area contributed by atoms with Crippen molar-refractivity contribution in [2.75, 3.05) is 12.4 Å². The second-order valence-electron chi connectivity index (χ2n) is 7.13. The lowest BCUT2D eigenvalue weighted by molar-refractivity contribution is -0.313. The number of hydrogen-bond donors (Lipinski definition) is 1. The van der Waals surface area contributed by atoms with Crippen molar-refractivity contribution in [2.45, 2.75) is 26.7 Å². The Bertz CT molecular complexity index is 991. The predicted molar refractivity (Wildman–Crippen MR) is 110 cm³/mol. The van der Waals surface area contributed by atoms with Gasteiger partial charge in [0.2, 0.25) is 5.91 Å². The number of methoxy groups -OCH3 is 1. The number of anilines is 1. The molecule has 1 aliphatic rings. The monoisotopic (exact) mass is 412 g/mol. The fourth-order valence-corrected chi connectivity index (χ4v) is 4.50. The smallest absolute Gasteiger partial charge is 0.341 e. The first-order valence-corrected chi connectivity index (χ1v) is 10.2. The molecule has 1 aliphatic carbocycles. The van der Waals surface area contributed by atoms with Crippen molar-refractivity contribution in [2.24, 2.45) is 11.8 Å². The summed E-state index contributed by atoms with van der Waals surface area (Å²) in [5.41, 5.74) is 3.87. The molecule has 0 aliphatic heterocycles. The Kier molecular flexibility index (Phi) is 6.17. The van der Waals surface area contributed by atoms with E-state index in [0.29, 0.717) is 17.0 Å². The third-order valence-electron chi connectivity index (χ3n) is 5.17. The van der Waals surface area contributed by atoms with Crippen LogP contribution in [-0.2, 0) is 14.3 Å². The zero-order valence-electron chi connectivity index (χ0n) is 16.5. The summed E-state index contributed by atoms with van der Waals surface area (Å²) in [5, 5.41) is 16.3. The molecule has 0 saturated carbocycles. The van der Waals surface area contributed by atoms with Crippen molar-refractivity contribution in [1.82, 2.24) is 0 Å². The molecule has 0 fully saturated rings. The Morgan fingerprint density at radius 1 is 1.10 bits per heavy atom. The molecule has 1 heterocycles. The number of carboxylic acid groups (broad SMARTS) is 1.